The highest BCUT2D eigenvalue weighted by Crippen LogP contribution is 2.22. The molecule has 0 radical (unpaired) electrons. The number of aryl methyl sites for hydroxylation is 1. The van der Waals surface area contributed by atoms with Crippen LogP contribution in [0.3, 0.4) is 0 Å². The third-order valence-electron chi connectivity index (χ3n) is 5.42. The Morgan fingerprint density at radius 2 is 1.71 bits per heavy atom. The molecule has 1 amide bonds. The maximum absolute atomic E-state index is 12.6. The highest BCUT2D eigenvalue weighted by Gasteiger charge is 2.18. The molecule has 7 nitrogen and oxygen atoms in total. The molecule has 0 spiro atoms. The van der Waals surface area contributed by atoms with Crippen molar-refractivity contribution in [2.24, 2.45) is 0 Å². The van der Waals surface area contributed by atoms with Crippen LogP contribution in [0.15, 0.2) is 91.5 Å². The van der Waals surface area contributed by atoms with Crippen LogP contribution >= 0.6 is 0 Å². The number of carbonyl (C=O) groups is 1. The molecular formula is C26H26N4O3S. The molecular weight excluding hydrogens is 448 g/mol. The van der Waals surface area contributed by atoms with E-state index < -0.39 is 10.0 Å². The molecule has 0 saturated heterocycles. The van der Waals surface area contributed by atoms with Gasteiger partial charge in [0.1, 0.15) is 0 Å². The maximum atomic E-state index is 12.6. The minimum absolute atomic E-state index is 0.188. The van der Waals surface area contributed by atoms with Crippen molar-refractivity contribution in [3.63, 3.8) is 0 Å². The van der Waals surface area contributed by atoms with Gasteiger partial charge in [-0.1, -0.05) is 36.4 Å². The third-order valence-corrected chi connectivity index (χ3v) is 6.56. The van der Waals surface area contributed by atoms with Gasteiger partial charge in [0.2, 0.25) is 10.0 Å². The predicted molar refractivity (Wildman–Crippen MR) is 133 cm³/mol. The molecule has 0 saturated carbocycles. The molecule has 0 unspecified atom stereocenters. The first-order valence-electron chi connectivity index (χ1n) is 10.8. The molecule has 3 aromatic carbocycles. The molecule has 0 aliphatic carbocycles. The molecule has 1 N–H and O–H groups in total. The second-order valence-electron chi connectivity index (χ2n) is 8.12. The minimum Gasteiger partial charge on any atom is -0.348 e. The number of anilines is 1. The van der Waals surface area contributed by atoms with Crippen LogP contribution in [0.5, 0.6) is 0 Å². The molecule has 174 valence electrons. The molecule has 0 aliphatic rings. The number of carbonyl (C=O) groups excluding carboxylic acids is 1. The number of imidazole rings is 1. The predicted octanol–water partition coefficient (Wildman–Crippen LogP) is 4.08. The lowest BCUT2D eigenvalue weighted by molar-refractivity contribution is 0.0951. The summed E-state index contributed by atoms with van der Waals surface area (Å²) in [5, 5.41) is 2.92. The number of nitrogens with one attached hydrogen (secondary N) is 1. The van der Waals surface area contributed by atoms with Crippen molar-refractivity contribution < 1.29 is 13.2 Å². The van der Waals surface area contributed by atoms with Crippen LogP contribution in [0.1, 0.15) is 27.0 Å². The van der Waals surface area contributed by atoms with Crippen LogP contribution in [-0.4, -0.2) is 30.1 Å². The van der Waals surface area contributed by atoms with E-state index in [1.807, 2.05) is 60.2 Å². The fourth-order valence-electron chi connectivity index (χ4n) is 3.59. The SMILES string of the molecule is Cc1cccc(N(Cc2ccc(C(=O)NCc3ccc(-n4ccnc4)cc3)cc2)S(C)(=O)=O)c1. The first-order valence-corrected chi connectivity index (χ1v) is 12.6. The van der Waals surface area contributed by atoms with Crippen molar-refractivity contribution in [3.8, 4) is 5.69 Å². The van der Waals surface area contributed by atoms with Crippen LogP contribution in [0.25, 0.3) is 5.69 Å². The molecule has 4 aromatic rings. The van der Waals surface area contributed by atoms with E-state index in [9.17, 15) is 13.2 Å². The van der Waals surface area contributed by atoms with Gasteiger partial charge in [0.15, 0.2) is 0 Å². The zero-order chi connectivity index (χ0) is 24.1. The molecule has 0 bridgehead atoms. The van der Waals surface area contributed by atoms with Gasteiger partial charge in [-0.25, -0.2) is 13.4 Å². The van der Waals surface area contributed by atoms with E-state index in [-0.39, 0.29) is 12.5 Å². The van der Waals surface area contributed by atoms with E-state index in [0.717, 1.165) is 22.4 Å². The van der Waals surface area contributed by atoms with Crippen LogP contribution in [-0.2, 0) is 23.1 Å². The molecule has 0 fully saturated rings. The number of benzene rings is 3. The van der Waals surface area contributed by atoms with Crippen molar-refractivity contribution >= 4 is 21.6 Å². The number of hydrogen-bond acceptors (Lipinski definition) is 4. The summed E-state index contributed by atoms with van der Waals surface area (Å²) in [4.78, 5) is 16.6. The van der Waals surface area contributed by atoms with Gasteiger partial charge in [-0.3, -0.25) is 9.10 Å². The zero-order valence-electron chi connectivity index (χ0n) is 19.0. The average Bonchev–Trinajstić information content (AvgIpc) is 3.36. The molecule has 34 heavy (non-hydrogen) atoms. The van der Waals surface area contributed by atoms with E-state index >= 15 is 0 Å². The van der Waals surface area contributed by atoms with E-state index in [0.29, 0.717) is 17.8 Å². The highest BCUT2D eigenvalue weighted by atomic mass is 32.2. The van der Waals surface area contributed by atoms with Crippen LogP contribution in [0.2, 0.25) is 0 Å². The number of amides is 1. The molecule has 1 aromatic heterocycles. The summed E-state index contributed by atoms with van der Waals surface area (Å²) in [5.41, 5.74) is 4.88. The lowest BCUT2D eigenvalue weighted by atomic mass is 10.1. The molecule has 8 heteroatoms. The summed E-state index contributed by atoms with van der Waals surface area (Å²) >= 11 is 0. The molecule has 1 heterocycles. The monoisotopic (exact) mass is 474 g/mol. The summed E-state index contributed by atoms with van der Waals surface area (Å²) < 4.78 is 28.0. The molecule has 4 rings (SSSR count). The van der Waals surface area contributed by atoms with Gasteiger partial charge in [-0.2, -0.15) is 0 Å². The smallest absolute Gasteiger partial charge is 0.251 e. The van der Waals surface area contributed by atoms with Crippen molar-refractivity contribution in [3.05, 3.63) is 114 Å². The largest absolute Gasteiger partial charge is 0.348 e. The molecule has 0 aliphatic heterocycles. The van der Waals surface area contributed by atoms with Gasteiger partial charge in [0, 0.05) is 30.2 Å². The second kappa shape index (κ2) is 9.93. The Morgan fingerprint density at radius 1 is 1.00 bits per heavy atom. The average molecular weight is 475 g/mol. The Kier molecular flexibility index (Phi) is 6.79. The fourth-order valence-corrected chi connectivity index (χ4v) is 4.47. The fraction of sp³-hybridized carbons (Fsp3) is 0.154. The van der Waals surface area contributed by atoms with Crippen molar-refractivity contribution in [1.29, 1.82) is 0 Å². The Hall–Kier alpha value is -3.91. The van der Waals surface area contributed by atoms with Gasteiger partial charge in [-0.05, 0) is 60.0 Å². The second-order valence-corrected chi connectivity index (χ2v) is 10.0. The lowest BCUT2D eigenvalue weighted by Crippen LogP contribution is -2.29. The van der Waals surface area contributed by atoms with E-state index in [1.54, 1.807) is 42.9 Å². The number of hydrogen-bond donors (Lipinski definition) is 1. The van der Waals surface area contributed by atoms with Crippen molar-refractivity contribution in [2.45, 2.75) is 20.0 Å². The van der Waals surface area contributed by atoms with Crippen LogP contribution in [0.4, 0.5) is 5.69 Å². The summed E-state index contributed by atoms with van der Waals surface area (Å²) in [6.07, 6.45) is 6.52. The zero-order valence-corrected chi connectivity index (χ0v) is 19.9. The normalized spacial score (nSPS) is 11.2. The van der Waals surface area contributed by atoms with Gasteiger partial charge < -0.3 is 9.88 Å². The van der Waals surface area contributed by atoms with Gasteiger partial charge in [0.25, 0.3) is 5.91 Å². The maximum Gasteiger partial charge on any atom is 0.251 e. The Morgan fingerprint density at radius 3 is 2.32 bits per heavy atom. The number of nitrogens with zero attached hydrogens (tertiary/aromatic N) is 3. The van der Waals surface area contributed by atoms with Gasteiger partial charge in [0.05, 0.1) is 24.8 Å². The first kappa shape index (κ1) is 23.3. The first-order chi connectivity index (χ1) is 16.3. The Balaban J connectivity index is 1.39. The third kappa shape index (κ3) is 5.71. The van der Waals surface area contributed by atoms with Gasteiger partial charge >= 0.3 is 0 Å². The van der Waals surface area contributed by atoms with Crippen molar-refractivity contribution in [1.82, 2.24) is 14.9 Å². The number of rotatable bonds is 8. The quantitative estimate of drug-likeness (QED) is 0.417. The van der Waals surface area contributed by atoms with E-state index in [2.05, 4.69) is 10.3 Å². The van der Waals surface area contributed by atoms with Gasteiger partial charge in [-0.15, -0.1) is 0 Å². The topological polar surface area (TPSA) is 84.3 Å². The number of sulfonamides is 1. The summed E-state index contributed by atoms with van der Waals surface area (Å²) in [5.74, 6) is -0.191. The highest BCUT2D eigenvalue weighted by molar-refractivity contribution is 7.92. The summed E-state index contributed by atoms with van der Waals surface area (Å²) in [7, 11) is -3.47. The minimum atomic E-state index is -3.47. The van der Waals surface area contributed by atoms with Crippen molar-refractivity contribution in [2.75, 3.05) is 10.6 Å². The number of aromatic nitrogens is 2. The molecule has 0 atom stereocenters. The van der Waals surface area contributed by atoms with Crippen LogP contribution in [0, 0.1) is 6.92 Å². The van der Waals surface area contributed by atoms with E-state index in [4.69, 9.17) is 0 Å². The Bertz CT molecular complexity index is 1360. The summed E-state index contributed by atoms with van der Waals surface area (Å²) in [6.45, 7) is 2.51. The Labute approximate surface area is 199 Å². The standard InChI is InChI=1S/C26H26N4O3S/c1-20-4-3-5-25(16-20)30(34(2,32)33)18-22-6-10-23(11-7-22)26(31)28-17-21-8-12-24(13-9-21)29-15-14-27-19-29/h3-16,19H,17-18H2,1-2H3,(H,28,31). The summed E-state index contributed by atoms with van der Waals surface area (Å²) in [6, 6.07) is 22.2. The lowest BCUT2D eigenvalue weighted by Gasteiger charge is -2.23. The van der Waals surface area contributed by atoms with E-state index in [1.165, 1.54) is 10.6 Å². The van der Waals surface area contributed by atoms with Crippen LogP contribution < -0.4 is 9.62 Å².